The number of aromatic hydroxyl groups is 1. The molecular formula is C35H35FN4O4S. The maximum atomic E-state index is 14.0. The SMILES string of the molecule is CS(=O)(=O)NC(C(=O)Cc1ccc(-c2cccc(-c3cc4ccncc4[nH]3)c2O)cc1)C1(Cc2ccc(F)cc2)CCNCC1. The van der Waals surface area contributed by atoms with Crippen molar-refractivity contribution in [2.75, 3.05) is 19.3 Å². The number of para-hydroxylation sites is 1. The number of ketones is 1. The summed E-state index contributed by atoms with van der Waals surface area (Å²) in [6.45, 7) is 1.28. The second-order valence-electron chi connectivity index (χ2n) is 11.9. The molecule has 3 aromatic carbocycles. The van der Waals surface area contributed by atoms with Gasteiger partial charge in [0.15, 0.2) is 5.78 Å². The van der Waals surface area contributed by atoms with Gasteiger partial charge in [-0.15, -0.1) is 0 Å². The van der Waals surface area contributed by atoms with Crippen LogP contribution in [0.25, 0.3) is 33.3 Å². The summed E-state index contributed by atoms with van der Waals surface area (Å²) in [5, 5.41) is 15.6. The zero-order valence-electron chi connectivity index (χ0n) is 24.9. The first-order valence-electron chi connectivity index (χ1n) is 14.9. The predicted octanol–water partition coefficient (Wildman–Crippen LogP) is 5.38. The number of hydrogen-bond donors (Lipinski definition) is 4. The van der Waals surface area contributed by atoms with E-state index in [1.165, 1.54) is 12.1 Å². The number of nitrogens with one attached hydrogen (secondary N) is 3. The molecule has 0 amide bonds. The van der Waals surface area contributed by atoms with Gasteiger partial charge in [0, 0.05) is 34.5 Å². The van der Waals surface area contributed by atoms with Crippen LogP contribution in [-0.4, -0.2) is 54.7 Å². The number of phenols is 1. The summed E-state index contributed by atoms with van der Waals surface area (Å²) in [5.74, 6) is -0.443. The number of carbonyl (C=O) groups excluding carboxylic acids is 1. The van der Waals surface area contributed by atoms with Crippen LogP contribution in [0.1, 0.15) is 24.0 Å². The molecule has 0 saturated carbocycles. The number of hydrogen-bond acceptors (Lipinski definition) is 6. The Morgan fingerprint density at radius 3 is 2.38 bits per heavy atom. The third kappa shape index (κ3) is 6.83. The van der Waals surface area contributed by atoms with Crippen LogP contribution in [0.5, 0.6) is 5.75 Å². The lowest BCUT2D eigenvalue weighted by Crippen LogP contribution is -2.57. The van der Waals surface area contributed by atoms with Crippen molar-refractivity contribution in [3.8, 4) is 28.1 Å². The van der Waals surface area contributed by atoms with Crippen LogP contribution in [0.3, 0.4) is 0 Å². The van der Waals surface area contributed by atoms with Gasteiger partial charge in [-0.2, -0.15) is 0 Å². The van der Waals surface area contributed by atoms with E-state index in [1.807, 2.05) is 54.6 Å². The molecule has 232 valence electrons. The fourth-order valence-corrected chi connectivity index (χ4v) is 7.27. The van der Waals surface area contributed by atoms with Crippen LogP contribution >= 0.6 is 0 Å². The molecule has 0 bridgehead atoms. The van der Waals surface area contributed by atoms with E-state index in [0.717, 1.165) is 39.5 Å². The van der Waals surface area contributed by atoms with Crippen molar-refractivity contribution in [2.24, 2.45) is 5.41 Å². The molecule has 1 atom stereocenters. The van der Waals surface area contributed by atoms with Crippen LogP contribution in [0.15, 0.2) is 91.3 Å². The number of sulfonamides is 1. The van der Waals surface area contributed by atoms with E-state index in [-0.39, 0.29) is 23.8 Å². The number of carbonyl (C=O) groups is 1. The van der Waals surface area contributed by atoms with Gasteiger partial charge in [-0.3, -0.25) is 9.78 Å². The van der Waals surface area contributed by atoms with Crippen molar-refractivity contribution >= 4 is 26.7 Å². The van der Waals surface area contributed by atoms with Crippen LogP contribution in [0, 0.1) is 11.2 Å². The fraction of sp³-hybridized carbons (Fsp3) is 0.257. The van der Waals surface area contributed by atoms with Gasteiger partial charge < -0.3 is 15.4 Å². The molecule has 1 aliphatic rings. The van der Waals surface area contributed by atoms with Gasteiger partial charge in [0.1, 0.15) is 11.6 Å². The van der Waals surface area contributed by atoms with E-state index in [0.29, 0.717) is 43.5 Å². The first-order valence-corrected chi connectivity index (χ1v) is 16.8. The molecule has 0 aliphatic carbocycles. The van der Waals surface area contributed by atoms with E-state index in [1.54, 1.807) is 24.5 Å². The number of Topliss-reactive ketones (excluding diaryl/α,β-unsaturated/α-hetero) is 1. The molecule has 3 heterocycles. The molecular weight excluding hydrogens is 591 g/mol. The Morgan fingerprint density at radius 2 is 1.69 bits per heavy atom. The highest BCUT2D eigenvalue weighted by Gasteiger charge is 2.44. The van der Waals surface area contributed by atoms with Crippen molar-refractivity contribution in [1.29, 1.82) is 0 Å². The van der Waals surface area contributed by atoms with Gasteiger partial charge >= 0.3 is 0 Å². The lowest BCUT2D eigenvalue weighted by molar-refractivity contribution is -0.123. The Morgan fingerprint density at radius 1 is 1.00 bits per heavy atom. The first kappa shape index (κ1) is 30.6. The first-order chi connectivity index (χ1) is 21.6. The van der Waals surface area contributed by atoms with E-state index in [9.17, 15) is 22.7 Å². The molecule has 1 saturated heterocycles. The van der Waals surface area contributed by atoms with Gasteiger partial charge in [0.2, 0.25) is 10.0 Å². The van der Waals surface area contributed by atoms with Crippen molar-refractivity contribution in [1.82, 2.24) is 20.0 Å². The number of nitrogens with zero attached hydrogens (tertiary/aromatic N) is 1. The number of fused-ring (bicyclic) bond motifs is 1. The Labute approximate surface area is 261 Å². The molecule has 1 unspecified atom stereocenters. The van der Waals surface area contributed by atoms with Gasteiger partial charge in [0.05, 0.1) is 29.7 Å². The minimum atomic E-state index is -3.72. The number of aromatic nitrogens is 2. The predicted molar refractivity (Wildman–Crippen MR) is 174 cm³/mol. The monoisotopic (exact) mass is 626 g/mol. The summed E-state index contributed by atoms with van der Waals surface area (Å²) in [6.07, 6.45) is 6.18. The van der Waals surface area contributed by atoms with Crippen LogP contribution < -0.4 is 10.0 Å². The molecule has 4 N–H and O–H groups in total. The normalized spacial score (nSPS) is 15.6. The summed E-state index contributed by atoms with van der Waals surface area (Å²) in [6, 6.07) is 22.0. The summed E-state index contributed by atoms with van der Waals surface area (Å²) in [4.78, 5) is 21.4. The largest absolute Gasteiger partial charge is 0.507 e. The summed E-state index contributed by atoms with van der Waals surface area (Å²) < 4.78 is 41.4. The van der Waals surface area contributed by atoms with Crippen molar-refractivity contribution in [3.63, 3.8) is 0 Å². The number of phenolic OH excluding ortho intramolecular Hbond substituents is 1. The maximum absolute atomic E-state index is 14.0. The van der Waals surface area contributed by atoms with Gasteiger partial charge in [-0.1, -0.05) is 48.5 Å². The highest BCUT2D eigenvalue weighted by Crippen LogP contribution is 2.40. The second kappa shape index (κ2) is 12.5. The number of piperidine rings is 1. The maximum Gasteiger partial charge on any atom is 0.209 e. The van der Waals surface area contributed by atoms with Crippen molar-refractivity contribution in [2.45, 2.75) is 31.7 Å². The zero-order chi connectivity index (χ0) is 31.6. The second-order valence-corrected chi connectivity index (χ2v) is 13.7. The smallest absolute Gasteiger partial charge is 0.209 e. The molecule has 1 fully saturated rings. The number of aromatic amines is 1. The fourth-order valence-electron chi connectivity index (χ4n) is 6.46. The molecule has 0 radical (unpaired) electrons. The van der Waals surface area contributed by atoms with Crippen LogP contribution in [0.2, 0.25) is 0 Å². The minimum Gasteiger partial charge on any atom is -0.507 e. The molecule has 5 aromatic rings. The van der Waals surface area contributed by atoms with Crippen LogP contribution in [-0.2, 0) is 27.7 Å². The third-order valence-corrected chi connectivity index (χ3v) is 9.39. The molecule has 45 heavy (non-hydrogen) atoms. The van der Waals surface area contributed by atoms with E-state index in [2.05, 4.69) is 20.0 Å². The minimum absolute atomic E-state index is 0.0290. The Kier molecular flexibility index (Phi) is 8.54. The molecule has 0 spiro atoms. The molecule has 10 heteroatoms. The van der Waals surface area contributed by atoms with Gasteiger partial charge in [0.25, 0.3) is 0 Å². The summed E-state index contributed by atoms with van der Waals surface area (Å²) >= 11 is 0. The molecule has 2 aromatic heterocycles. The topological polar surface area (TPSA) is 124 Å². The number of halogens is 1. The Hall–Kier alpha value is -4.38. The summed E-state index contributed by atoms with van der Waals surface area (Å²) in [7, 11) is -3.72. The Balaban J connectivity index is 1.26. The highest BCUT2D eigenvalue weighted by atomic mass is 32.2. The molecule has 6 rings (SSSR count). The number of rotatable bonds is 10. The van der Waals surface area contributed by atoms with Crippen molar-refractivity contribution in [3.05, 3.63) is 108 Å². The number of H-pyrrole nitrogens is 1. The molecule has 8 nitrogen and oxygen atoms in total. The quantitative estimate of drug-likeness (QED) is 0.165. The van der Waals surface area contributed by atoms with Crippen molar-refractivity contribution < 1.29 is 22.7 Å². The Bertz CT molecular complexity index is 1900. The zero-order valence-corrected chi connectivity index (χ0v) is 25.7. The van der Waals surface area contributed by atoms with E-state index in [4.69, 9.17) is 0 Å². The third-order valence-electron chi connectivity index (χ3n) is 8.73. The average Bonchev–Trinajstić information content (AvgIpc) is 3.46. The van der Waals surface area contributed by atoms with E-state index < -0.39 is 21.5 Å². The highest BCUT2D eigenvalue weighted by molar-refractivity contribution is 7.88. The number of pyridine rings is 1. The van der Waals surface area contributed by atoms with E-state index >= 15 is 0 Å². The molecule has 1 aliphatic heterocycles. The number of benzene rings is 3. The van der Waals surface area contributed by atoms with Gasteiger partial charge in [-0.05, 0) is 79.4 Å². The lowest BCUT2D eigenvalue weighted by atomic mass is 9.67. The van der Waals surface area contributed by atoms with Gasteiger partial charge in [-0.25, -0.2) is 17.5 Å². The standard InChI is InChI=1S/C35H35FN4O4S/c1-45(43,44)40-34(35(14-17-37-18-15-35)21-24-7-11-27(36)12-8-24)32(41)19-23-5-9-25(10-6-23)28-3-2-4-29(33(28)42)30-20-26-13-16-38-22-31(26)39-30/h2-13,16,20,22,34,37,39-40,42H,14-15,17-19,21H2,1H3. The lowest BCUT2D eigenvalue weighted by Gasteiger charge is -2.43. The van der Waals surface area contributed by atoms with Crippen LogP contribution in [0.4, 0.5) is 4.39 Å². The summed E-state index contributed by atoms with van der Waals surface area (Å²) in [5.41, 5.74) is 4.64. The average molecular weight is 627 g/mol.